The average Bonchev–Trinajstić information content (AvgIpc) is 2.77. The molecule has 1 aliphatic heterocycles. The van der Waals surface area contributed by atoms with Crippen molar-refractivity contribution < 1.29 is 4.79 Å². The van der Waals surface area contributed by atoms with Gasteiger partial charge in [-0.1, -0.05) is 19.3 Å². The molecule has 1 aliphatic carbocycles. The van der Waals surface area contributed by atoms with Crippen LogP contribution >= 0.6 is 0 Å². The highest BCUT2D eigenvalue weighted by Gasteiger charge is 2.50. The van der Waals surface area contributed by atoms with Crippen LogP contribution in [-0.2, 0) is 4.79 Å². The summed E-state index contributed by atoms with van der Waals surface area (Å²) in [5.74, 6) is 0.291. The van der Waals surface area contributed by atoms with Crippen LogP contribution in [0.4, 0.5) is 0 Å². The van der Waals surface area contributed by atoms with Crippen molar-refractivity contribution in [2.45, 2.75) is 51.1 Å². The van der Waals surface area contributed by atoms with Crippen LogP contribution < -0.4 is 5.43 Å². The number of carbonyl (C=O) groups is 1. The summed E-state index contributed by atoms with van der Waals surface area (Å²) in [7, 11) is 0. The molecule has 74 valence electrons. The van der Waals surface area contributed by atoms with Crippen LogP contribution in [0.2, 0.25) is 0 Å². The highest BCUT2D eigenvalue weighted by atomic mass is 16.1. The number of nitrogens with zero attached hydrogens (tertiary/aromatic N) is 1. The van der Waals surface area contributed by atoms with E-state index in [1.165, 1.54) is 32.1 Å². The zero-order valence-electron chi connectivity index (χ0n) is 8.31. The molecule has 0 aromatic heterocycles. The molecule has 3 heteroatoms. The molecule has 0 radical (unpaired) electrons. The Morgan fingerprint density at radius 3 is 2.69 bits per heavy atom. The minimum Gasteiger partial charge on any atom is -0.300 e. The first-order valence-electron chi connectivity index (χ1n) is 5.28. The van der Waals surface area contributed by atoms with Crippen molar-refractivity contribution in [1.82, 2.24) is 10.4 Å². The minimum atomic E-state index is 0.291. The molecular formula is C10H18N2O. The van der Waals surface area contributed by atoms with Gasteiger partial charge in [-0.15, -0.1) is 0 Å². The molecule has 1 heterocycles. The van der Waals surface area contributed by atoms with E-state index in [9.17, 15) is 4.79 Å². The lowest BCUT2D eigenvalue weighted by Crippen LogP contribution is -2.23. The van der Waals surface area contributed by atoms with Crippen LogP contribution in [-0.4, -0.2) is 23.0 Å². The van der Waals surface area contributed by atoms with Crippen LogP contribution in [0, 0.1) is 0 Å². The monoisotopic (exact) mass is 182 g/mol. The Labute approximate surface area is 79.5 Å². The van der Waals surface area contributed by atoms with Crippen molar-refractivity contribution in [3.05, 3.63) is 0 Å². The van der Waals surface area contributed by atoms with Crippen molar-refractivity contribution in [2.24, 2.45) is 0 Å². The van der Waals surface area contributed by atoms with Crippen molar-refractivity contribution in [2.75, 3.05) is 6.54 Å². The molecular weight excluding hydrogens is 164 g/mol. The maximum absolute atomic E-state index is 10.8. The second-order valence-electron chi connectivity index (χ2n) is 4.31. The highest BCUT2D eigenvalue weighted by molar-refractivity contribution is 5.75. The summed E-state index contributed by atoms with van der Waals surface area (Å²) >= 11 is 0. The largest absolute Gasteiger partial charge is 0.300 e. The quantitative estimate of drug-likeness (QED) is 0.672. The number of carbonyl (C=O) groups excluding carboxylic acids is 1. The predicted molar refractivity (Wildman–Crippen MR) is 51.0 cm³/mol. The van der Waals surface area contributed by atoms with Crippen molar-refractivity contribution in [1.29, 1.82) is 0 Å². The molecule has 1 spiro atoms. The van der Waals surface area contributed by atoms with Gasteiger partial charge in [-0.05, 0) is 19.8 Å². The first-order chi connectivity index (χ1) is 6.23. The van der Waals surface area contributed by atoms with Crippen LogP contribution in [0.15, 0.2) is 0 Å². The van der Waals surface area contributed by atoms with Gasteiger partial charge < -0.3 is 0 Å². The summed E-state index contributed by atoms with van der Waals surface area (Å²) in [5, 5.41) is 2.26. The van der Waals surface area contributed by atoms with Gasteiger partial charge in [0.15, 0.2) is 0 Å². The Morgan fingerprint density at radius 1 is 1.38 bits per heavy atom. The van der Waals surface area contributed by atoms with Crippen LogP contribution in [0.25, 0.3) is 0 Å². The lowest BCUT2D eigenvalue weighted by Gasteiger charge is -2.19. The van der Waals surface area contributed by atoms with Crippen molar-refractivity contribution in [3.63, 3.8) is 0 Å². The minimum absolute atomic E-state index is 0.291. The van der Waals surface area contributed by atoms with Crippen LogP contribution in [0.3, 0.4) is 0 Å². The van der Waals surface area contributed by atoms with Gasteiger partial charge in [-0.2, -0.15) is 0 Å². The Kier molecular flexibility index (Phi) is 2.39. The SMILES string of the molecule is CC(=O)CCN1NC12CCCCC2. The maximum Gasteiger partial charge on any atom is 0.131 e. The van der Waals surface area contributed by atoms with E-state index >= 15 is 0 Å². The van der Waals surface area contributed by atoms with Crippen molar-refractivity contribution >= 4 is 5.78 Å². The molecule has 1 saturated carbocycles. The standard InChI is InChI=1S/C10H18N2O/c1-9(13)5-8-12-10(11-12)6-3-2-4-7-10/h11H,2-8H2,1H3. The van der Waals surface area contributed by atoms with Gasteiger partial charge in [-0.25, -0.2) is 10.4 Å². The molecule has 1 N–H and O–H groups in total. The normalized spacial score (nSPS) is 30.4. The highest BCUT2D eigenvalue weighted by Crippen LogP contribution is 2.39. The fourth-order valence-corrected chi connectivity index (χ4v) is 2.28. The van der Waals surface area contributed by atoms with E-state index in [-0.39, 0.29) is 0 Å². The van der Waals surface area contributed by atoms with Crippen molar-refractivity contribution in [3.8, 4) is 0 Å². The van der Waals surface area contributed by atoms with E-state index in [2.05, 4.69) is 10.4 Å². The molecule has 1 saturated heterocycles. The van der Waals surface area contributed by atoms with Gasteiger partial charge >= 0.3 is 0 Å². The summed E-state index contributed by atoms with van der Waals surface area (Å²) < 4.78 is 0. The number of rotatable bonds is 3. The molecule has 2 aliphatic rings. The zero-order valence-corrected chi connectivity index (χ0v) is 8.31. The first kappa shape index (κ1) is 9.16. The van der Waals surface area contributed by atoms with E-state index in [0.717, 1.165) is 6.54 Å². The summed E-state index contributed by atoms with van der Waals surface area (Å²) in [6.07, 6.45) is 7.28. The molecule has 2 rings (SSSR count). The number of hydrogen-bond donors (Lipinski definition) is 1. The maximum atomic E-state index is 10.8. The lowest BCUT2D eigenvalue weighted by molar-refractivity contribution is -0.117. The fourth-order valence-electron chi connectivity index (χ4n) is 2.28. The second kappa shape index (κ2) is 3.39. The fraction of sp³-hybridized carbons (Fsp3) is 0.900. The smallest absolute Gasteiger partial charge is 0.131 e. The third-order valence-corrected chi connectivity index (χ3v) is 3.18. The summed E-state index contributed by atoms with van der Waals surface area (Å²) in [4.78, 5) is 10.8. The van der Waals surface area contributed by atoms with E-state index in [0.29, 0.717) is 17.9 Å². The molecule has 0 aromatic carbocycles. The third-order valence-electron chi connectivity index (χ3n) is 3.18. The van der Waals surface area contributed by atoms with Gasteiger partial charge in [0.1, 0.15) is 5.78 Å². The first-order valence-corrected chi connectivity index (χ1v) is 5.28. The number of ketones is 1. The van der Waals surface area contributed by atoms with E-state index in [4.69, 9.17) is 0 Å². The molecule has 1 atom stereocenters. The molecule has 0 bridgehead atoms. The number of hydrogen-bond acceptors (Lipinski definition) is 3. The predicted octanol–water partition coefficient (Wildman–Crippen LogP) is 1.45. The lowest BCUT2D eigenvalue weighted by atomic mass is 9.92. The Hall–Kier alpha value is -0.410. The average molecular weight is 182 g/mol. The summed E-state index contributed by atoms with van der Waals surface area (Å²) in [6, 6.07) is 0. The summed E-state index contributed by atoms with van der Waals surface area (Å²) in [6.45, 7) is 2.56. The Morgan fingerprint density at radius 2 is 2.08 bits per heavy atom. The zero-order chi connectivity index (χ0) is 9.31. The van der Waals surface area contributed by atoms with Gasteiger partial charge in [0.05, 0.1) is 5.66 Å². The molecule has 2 fully saturated rings. The Balaban J connectivity index is 1.76. The number of nitrogens with one attached hydrogen (secondary N) is 1. The van der Waals surface area contributed by atoms with Crippen LogP contribution in [0.5, 0.6) is 0 Å². The third kappa shape index (κ3) is 1.92. The van der Waals surface area contributed by atoms with Crippen LogP contribution in [0.1, 0.15) is 45.4 Å². The number of Topliss-reactive ketones (excluding diaryl/α,β-unsaturated/α-hetero) is 1. The van der Waals surface area contributed by atoms with Gasteiger partial charge in [0.25, 0.3) is 0 Å². The number of hydrazine groups is 1. The summed E-state index contributed by atoms with van der Waals surface area (Å²) in [5.41, 5.74) is 3.73. The molecule has 1 unspecified atom stereocenters. The van der Waals surface area contributed by atoms with E-state index in [1.807, 2.05) is 0 Å². The second-order valence-corrected chi connectivity index (χ2v) is 4.31. The van der Waals surface area contributed by atoms with Gasteiger partial charge in [-0.3, -0.25) is 4.79 Å². The Bertz CT molecular complexity index is 209. The molecule has 13 heavy (non-hydrogen) atoms. The van der Waals surface area contributed by atoms with Gasteiger partial charge in [0.2, 0.25) is 0 Å². The molecule has 3 nitrogen and oxygen atoms in total. The molecule has 0 aromatic rings. The topological polar surface area (TPSA) is 42.0 Å². The van der Waals surface area contributed by atoms with E-state index in [1.54, 1.807) is 6.92 Å². The van der Waals surface area contributed by atoms with E-state index < -0.39 is 0 Å². The van der Waals surface area contributed by atoms with Gasteiger partial charge in [0, 0.05) is 13.0 Å². The molecule has 0 amide bonds.